The number of amides is 2. The van der Waals surface area contributed by atoms with E-state index in [1.165, 1.54) is 33.4 Å². The lowest BCUT2D eigenvalue weighted by Crippen LogP contribution is -2.49. The van der Waals surface area contributed by atoms with Crippen LogP contribution in [0.1, 0.15) is 23.6 Å². The van der Waals surface area contributed by atoms with Crippen LogP contribution in [0.3, 0.4) is 0 Å². The van der Waals surface area contributed by atoms with Crippen LogP contribution >= 0.6 is 0 Å². The number of rotatable bonds is 10. The van der Waals surface area contributed by atoms with Gasteiger partial charge in [-0.2, -0.15) is 0 Å². The Bertz CT molecular complexity index is 1180. The first-order chi connectivity index (χ1) is 16.0. The first kappa shape index (κ1) is 26.6. The van der Waals surface area contributed by atoms with Gasteiger partial charge in [-0.15, -0.1) is 0 Å². The second-order valence-corrected chi connectivity index (χ2v) is 9.30. The normalized spacial score (nSPS) is 11.2. The smallest absolute Gasteiger partial charge is 0.352 e. The molecule has 6 N–H and O–H groups in total. The quantitative estimate of drug-likeness (QED) is 0.171. The highest BCUT2D eigenvalue weighted by Crippen LogP contribution is 2.31. The van der Waals surface area contributed by atoms with Crippen molar-refractivity contribution in [3.8, 4) is 11.5 Å². The van der Waals surface area contributed by atoms with Crippen LogP contribution in [0.5, 0.6) is 11.5 Å². The Morgan fingerprint density at radius 1 is 1.21 bits per heavy atom. The van der Waals surface area contributed by atoms with Crippen LogP contribution in [0, 0.1) is 12.3 Å². The van der Waals surface area contributed by atoms with Crippen molar-refractivity contribution < 1.29 is 22.7 Å². The fourth-order valence-corrected chi connectivity index (χ4v) is 3.36. The van der Waals surface area contributed by atoms with Crippen LogP contribution in [-0.4, -0.2) is 45.1 Å². The van der Waals surface area contributed by atoms with Crippen molar-refractivity contribution in [1.82, 2.24) is 9.73 Å². The highest BCUT2D eigenvalue weighted by Gasteiger charge is 2.20. The Labute approximate surface area is 199 Å². The van der Waals surface area contributed by atoms with Gasteiger partial charge in [0.15, 0.2) is 0 Å². The monoisotopic (exact) mass is 490 g/mol. The van der Waals surface area contributed by atoms with Crippen LogP contribution in [-0.2, 0) is 16.6 Å². The topological polar surface area (TPSA) is 164 Å². The molecular formula is C22H30N6O5S. The van der Waals surface area contributed by atoms with Gasteiger partial charge in [0, 0.05) is 13.2 Å². The summed E-state index contributed by atoms with van der Waals surface area (Å²) in [6, 6.07) is 9.60. The van der Waals surface area contributed by atoms with E-state index >= 15 is 0 Å². The molecule has 2 aromatic rings. The van der Waals surface area contributed by atoms with Crippen molar-refractivity contribution >= 4 is 27.5 Å². The second-order valence-electron chi connectivity index (χ2n) is 7.26. The summed E-state index contributed by atoms with van der Waals surface area (Å²) in [4.78, 5) is 12.2. The van der Waals surface area contributed by atoms with E-state index < -0.39 is 16.1 Å². The van der Waals surface area contributed by atoms with Gasteiger partial charge in [-0.05, 0) is 61.4 Å². The summed E-state index contributed by atoms with van der Waals surface area (Å²) in [6.07, 6.45) is 2.59. The Hall–Kier alpha value is -3.61. The third-order valence-corrected chi connectivity index (χ3v) is 6.09. The van der Waals surface area contributed by atoms with Gasteiger partial charge in [0.25, 0.3) is 0 Å². The molecule has 34 heavy (non-hydrogen) atoms. The van der Waals surface area contributed by atoms with Gasteiger partial charge >= 0.3 is 6.03 Å². The Balaban J connectivity index is 2.21. The molecule has 0 atom stereocenters. The van der Waals surface area contributed by atoms with E-state index in [1.807, 2.05) is 6.92 Å². The molecule has 2 rings (SSSR count). The number of sulfonamides is 1. The molecule has 0 bridgehead atoms. The summed E-state index contributed by atoms with van der Waals surface area (Å²) in [5.41, 5.74) is 2.38. The molecule has 11 nitrogen and oxygen atoms in total. The van der Waals surface area contributed by atoms with E-state index in [-0.39, 0.29) is 18.1 Å². The lowest BCUT2D eigenvalue weighted by atomic mass is 10.1. The molecule has 0 fully saturated rings. The van der Waals surface area contributed by atoms with E-state index in [0.29, 0.717) is 28.3 Å². The summed E-state index contributed by atoms with van der Waals surface area (Å²) in [5, 5.41) is 9.94. The lowest BCUT2D eigenvalue weighted by Gasteiger charge is -2.24. The SMILES string of the molecule is CCS(=O)(=O)N/C=C\C(=N)c1ccc(OCc2c(OC)cccc2N(N)C(=O)N(C)N)c(C)c1. The van der Waals surface area contributed by atoms with Crippen LogP contribution in [0.4, 0.5) is 10.5 Å². The van der Waals surface area contributed by atoms with E-state index in [4.69, 9.17) is 26.6 Å². The number of hydrazine groups is 2. The number of hydrogen-bond donors (Lipinski definition) is 4. The summed E-state index contributed by atoms with van der Waals surface area (Å²) in [6.45, 7) is 3.39. The average Bonchev–Trinajstić information content (AvgIpc) is 2.81. The zero-order valence-electron chi connectivity index (χ0n) is 19.5. The third kappa shape index (κ3) is 6.70. The largest absolute Gasteiger partial charge is 0.496 e. The van der Waals surface area contributed by atoms with Crippen molar-refractivity contribution in [2.45, 2.75) is 20.5 Å². The first-order valence-electron chi connectivity index (χ1n) is 10.2. The molecule has 12 heteroatoms. The number of carbonyl (C=O) groups is 1. The number of urea groups is 1. The van der Waals surface area contributed by atoms with Gasteiger partial charge in [-0.1, -0.05) is 6.07 Å². The van der Waals surface area contributed by atoms with Gasteiger partial charge in [-0.25, -0.2) is 29.9 Å². The molecule has 184 valence electrons. The number of allylic oxidation sites excluding steroid dienone is 1. The minimum atomic E-state index is -3.38. The van der Waals surface area contributed by atoms with Crippen molar-refractivity contribution in [1.29, 1.82) is 5.41 Å². The number of nitrogens with one attached hydrogen (secondary N) is 2. The second kappa shape index (κ2) is 11.5. The van der Waals surface area contributed by atoms with Crippen LogP contribution in [0.2, 0.25) is 0 Å². The zero-order valence-corrected chi connectivity index (χ0v) is 20.3. The van der Waals surface area contributed by atoms with Crippen molar-refractivity contribution in [3.63, 3.8) is 0 Å². The number of methoxy groups -OCH3 is 1. The molecule has 0 aliphatic carbocycles. The van der Waals surface area contributed by atoms with E-state index in [2.05, 4.69) is 4.72 Å². The average molecular weight is 491 g/mol. The van der Waals surface area contributed by atoms with E-state index in [0.717, 1.165) is 15.6 Å². The first-order valence-corrected chi connectivity index (χ1v) is 11.9. The number of ether oxygens (including phenoxy) is 2. The van der Waals surface area contributed by atoms with Gasteiger partial charge in [-0.3, -0.25) is 9.73 Å². The van der Waals surface area contributed by atoms with Crippen molar-refractivity contribution in [3.05, 3.63) is 65.4 Å². The summed E-state index contributed by atoms with van der Waals surface area (Å²) in [5.74, 6) is 12.5. The van der Waals surface area contributed by atoms with E-state index in [1.54, 1.807) is 36.4 Å². The molecule has 0 radical (unpaired) electrons. The predicted octanol–water partition coefficient (Wildman–Crippen LogP) is 2.01. The molecule has 0 saturated heterocycles. The maximum atomic E-state index is 12.2. The summed E-state index contributed by atoms with van der Waals surface area (Å²) < 4.78 is 36.6. The number of hydrogen-bond acceptors (Lipinski definition) is 8. The lowest BCUT2D eigenvalue weighted by molar-refractivity contribution is 0.216. The molecule has 0 aliphatic rings. The molecule has 0 unspecified atom stereocenters. The number of carbonyl (C=O) groups excluding carboxylic acids is 1. The molecule has 0 aliphatic heterocycles. The maximum Gasteiger partial charge on any atom is 0.352 e. The Kier molecular flexibility index (Phi) is 9.01. The highest BCUT2D eigenvalue weighted by molar-refractivity contribution is 7.89. The fourth-order valence-electron chi connectivity index (χ4n) is 2.92. The van der Waals surface area contributed by atoms with Crippen LogP contribution < -0.4 is 30.9 Å². The third-order valence-electron chi connectivity index (χ3n) is 4.83. The van der Waals surface area contributed by atoms with Gasteiger partial charge in [0.1, 0.15) is 18.1 Å². The van der Waals surface area contributed by atoms with Crippen molar-refractivity contribution in [2.75, 3.05) is 24.9 Å². The number of nitrogens with two attached hydrogens (primary N) is 2. The molecule has 0 spiro atoms. The molecule has 0 aromatic heterocycles. The van der Waals surface area contributed by atoms with Gasteiger partial charge in [0.2, 0.25) is 10.0 Å². The number of aryl methyl sites for hydroxylation is 1. The zero-order chi connectivity index (χ0) is 25.5. The van der Waals surface area contributed by atoms with Crippen LogP contribution in [0.15, 0.2) is 48.7 Å². The molecule has 0 saturated carbocycles. The van der Waals surface area contributed by atoms with Gasteiger partial charge < -0.3 is 14.9 Å². The Morgan fingerprint density at radius 3 is 2.50 bits per heavy atom. The molecule has 2 amide bonds. The van der Waals surface area contributed by atoms with Crippen LogP contribution in [0.25, 0.3) is 0 Å². The fraction of sp³-hybridized carbons (Fsp3) is 0.273. The summed E-state index contributed by atoms with van der Waals surface area (Å²) in [7, 11) is -0.494. The standard InChI is InChI=1S/C22H30N6O5S/c1-5-34(30,31)26-12-11-18(23)16-9-10-20(15(2)13-16)33-14-17-19(7-6-8-21(17)32-4)28(25)22(29)27(3)24/h6-13,23,26H,5,14,24-25H2,1-4H3/b12-11-,23-18?. The Morgan fingerprint density at radius 2 is 1.91 bits per heavy atom. The maximum absolute atomic E-state index is 12.2. The summed E-state index contributed by atoms with van der Waals surface area (Å²) >= 11 is 0. The minimum absolute atomic E-state index is 0.0466. The number of nitrogens with zero attached hydrogens (tertiary/aromatic N) is 2. The molecule has 0 heterocycles. The number of benzene rings is 2. The minimum Gasteiger partial charge on any atom is -0.496 e. The highest BCUT2D eigenvalue weighted by atomic mass is 32.2. The molecular weight excluding hydrogens is 460 g/mol. The van der Waals surface area contributed by atoms with Crippen molar-refractivity contribution in [2.24, 2.45) is 11.7 Å². The van der Waals surface area contributed by atoms with Gasteiger partial charge in [0.05, 0.1) is 29.8 Å². The molecule has 2 aromatic carbocycles. The van der Waals surface area contributed by atoms with E-state index in [9.17, 15) is 13.2 Å². The number of anilines is 1. The predicted molar refractivity (Wildman–Crippen MR) is 131 cm³/mol.